The van der Waals surface area contributed by atoms with Gasteiger partial charge in [0.2, 0.25) is 29.4 Å². The summed E-state index contributed by atoms with van der Waals surface area (Å²) in [5, 5.41) is 57.9. The lowest BCUT2D eigenvalue weighted by Gasteiger charge is -2.45. The number of nitriles is 3. The molecule has 3 saturated heterocycles. The Kier molecular flexibility index (Phi) is 30.3. The number of amides is 3. The maximum Gasteiger partial charge on any atom is 0.276 e. The first-order chi connectivity index (χ1) is 66.5. The van der Waals surface area contributed by atoms with Crippen molar-refractivity contribution in [3.05, 3.63) is 257 Å². The fourth-order valence-corrected chi connectivity index (χ4v) is 20.1. The van der Waals surface area contributed by atoms with Gasteiger partial charge in [-0.05, 0) is 151 Å². The molecule has 6 atom stereocenters. The molecule has 0 spiro atoms. The number of halogens is 15. The Hall–Kier alpha value is -13.8. The van der Waals surface area contributed by atoms with Crippen LogP contribution in [0.2, 0.25) is 30.1 Å². The van der Waals surface area contributed by atoms with E-state index in [1.807, 2.05) is 101 Å². The number of anilines is 3. The van der Waals surface area contributed by atoms with Crippen molar-refractivity contribution in [3.63, 3.8) is 0 Å². The molecule has 732 valence electrons. The standard InChI is InChI=1S/3C33H29Cl2F3N6O3/c1-7-21(45)43-16(5)12-42(13-17(43)6)30-18-10-20(34)28(22-24(36)23(35)26(38)31(46)25(22)37)41-32(18)44(33(47)19(30)11-39)29-15(4)8-9-40-27(29)14(2)3;2*1-7-21(45)43-16(5)12-42(13-17(43)6)30-18-10-20(34)28(22-23(35)25(37)26(38)31(46)24(22)36)41-32(18)44(33(47)19(30)11-39)29-15(4)8-9-40-27(29)14(2)3/h3*7-10,14,16-17,46H,1,12-13H2,2-6H3/t3*16-,17+. The number of rotatable bonds is 15. The molecule has 3 aliphatic rings. The average Bonchev–Trinajstić information content (AvgIpc) is 0.725. The van der Waals surface area contributed by atoms with Crippen LogP contribution in [0.1, 0.15) is 151 Å². The highest BCUT2D eigenvalue weighted by Gasteiger charge is 2.43. The van der Waals surface area contributed by atoms with Gasteiger partial charge in [-0.1, -0.05) is 131 Å². The number of carbonyl (C=O) groups excluding carboxylic acids is 3. The summed E-state index contributed by atoms with van der Waals surface area (Å²) in [6.45, 7) is 39.2. The third-order valence-electron chi connectivity index (χ3n) is 24.8. The van der Waals surface area contributed by atoms with Crippen LogP contribution < -0.4 is 31.4 Å². The van der Waals surface area contributed by atoms with Gasteiger partial charge in [0.25, 0.3) is 16.7 Å². The van der Waals surface area contributed by atoms with Crippen LogP contribution in [-0.2, 0) is 14.4 Å². The molecule has 3 aromatic carbocycles. The number of aromatic nitrogens is 9. The zero-order chi connectivity index (χ0) is 104. The van der Waals surface area contributed by atoms with E-state index in [2.05, 4.69) is 49.6 Å². The number of hydrogen-bond acceptors (Lipinski definition) is 21. The molecule has 0 bridgehead atoms. The van der Waals surface area contributed by atoms with Gasteiger partial charge < -0.3 is 44.7 Å². The summed E-state index contributed by atoms with van der Waals surface area (Å²) in [5.41, 5.74) is -3.12. The number of benzene rings is 3. The fraction of sp³-hybridized carbons (Fsp3) is 0.303. The molecular weight excluding hydrogens is 1970 g/mol. The van der Waals surface area contributed by atoms with Gasteiger partial charge in [-0.25, -0.2) is 45.7 Å². The second-order valence-corrected chi connectivity index (χ2v) is 37.5. The van der Waals surface area contributed by atoms with E-state index in [1.54, 1.807) is 87.0 Å². The molecule has 42 heteroatoms. The Morgan fingerprint density at radius 2 is 0.624 bits per heavy atom. The molecule has 12 aromatic rings. The second kappa shape index (κ2) is 40.8. The first kappa shape index (κ1) is 105. The lowest BCUT2D eigenvalue weighted by atomic mass is 10.0. The number of aryl methyl sites for hydroxylation is 3. The molecular formula is C99H87Cl6F9N18O9. The molecule has 0 unspecified atom stereocenters. The maximum absolute atomic E-state index is 15.4. The summed E-state index contributed by atoms with van der Waals surface area (Å²) in [6.07, 6.45) is 8.36. The molecule has 9 aromatic heterocycles. The van der Waals surface area contributed by atoms with E-state index in [-0.39, 0.29) is 193 Å². The monoisotopic (exact) mass is 2050 g/mol. The number of carbonyl (C=O) groups is 3. The van der Waals surface area contributed by atoms with Crippen molar-refractivity contribution in [2.75, 3.05) is 54.0 Å². The molecule has 12 heterocycles. The van der Waals surface area contributed by atoms with E-state index < -0.39 is 135 Å². The van der Waals surface area contributed by atoms with Gasteiger partial charge in [0, 0.05) is 110 Å². The predicted molar refractivity (Wildman–Crippen MR) is 522 cm³/mol. The number of phenolic OH excluding ortho intramolecular Hbond substituents is 3. The van der Waals surface area contributed by atoms with Gasteiger partial charge in [0.15, 0.2) is 58.0 Å². The van der Waals surface area contributed by atoms with E-state index in [0.29, 0.717) is 50.8 Å². The SMILES string of the molecule is C=CC(=O)N1[C@H](C)CN(c2c(C#N)c(=O)n(-c3c(C)ccnc3C(C)C)c3nc(-c4c(F)c(O)c(F)c(Cl)c4F)c(Cl)cc23)C[C@@H]1C.C=CC(=O)N1[C@H](C)CN(c2c(C#N)c(=O)n(-c3c(C)ccnc3C(C)C)c3nc(-c4c(F)c(O)c(F)c(F)c4Cl)c(Cl)cc23)C[C@@H]1C.C=CC(=O)N1[C@H](C)CN(c2c(C#N)c(=O)n(-c3c(C)ccnc3C(C)C)c3nc(-c4c(F)c(O)c(F)c(F)c4Cl)c(Cl)cc23)C[C@@H]1C. The third kappa shape index (κ3) is 18.1. The molecule has 0 aliphatic carbocycles. The number of piperazine rings is 3. The summed E-state index contributed by atoms with van der Waals surface area (Å²) < 4.78 is 137. The van der Waals surface area contributed by atoms with Crippen molar-refractivity contribution in [1.82, 2.24) is 58.3 Å². The van der Waals surface area contributed by atoms with Crippen molar-refractivity contribution in [1.29, 1.82) is 15.8 Å². The first-order valence-electron chi connectivity index (χ1n) is 43.7. The number of aromatic hydroxyl groups is 3. The minimum atomic E-state index is -1.89. The Balaban J connectivity index is 0.000000178. The first-order valence-corrected chi connectivity index (χ1v) is 45.9. The topological polar surface area (TPSA) is 346 Å². The summed E-state index contributed by atoms with van der Waals surface area (Å²) in [7, 11) is 0. The van der Waals surface area contributed by atoms with Gasteiger partial charge in [-0.3, -0.25) is 57.4 Å². The van der Waals surface area contributed by atoms with Gasteiger partial charge in [0.1, 0.15) is 56.9 Å². The largest absolute Gasteiger partial charge is 0.503 e. The Labute approximate surface area is 830 Å². The smallest absolute Gasteiger partial charge is 0.276 e. The molecule has 141 heavy (non-hydrogen) atoms. The molecule has 3 amide bonds. The van der Waals surface area contributed by atoms with Crippen LogP contribution in [0.4, 0.5) is 56.6 Å². The summed E-state index contributed by atoms with van der Waals surface area (Å²) in [5.74, 6) is -21.7. The van der Waals surface area contributed by atoms with Crippen LogP contribution >= 0.6 is 69.6 Å². The van der Waals surface area contributed by atoms with E-state index in [0.717, 1.165) is 4.57 Å². The molecule has 27 nitrogen and oxygen atoms in total. The van der Waals surface area contributed by atoms with Crippen molar-refractivity contribution in [2.45, 2.75) is 158 Å². The zero-order valence-electron chi connectivity index (χ0n) is 78.0. The Morgan fingerprint density at radius 3 is 0.865 bits per heavy atom. The number of nitrogens with zero attached hydrogens (tertiary/aromatic N) is 18. The highest BCUT2D eigenvalue weighted by atomic mass is 35.5. The summed E-state index contributed by atoms with van der Waals surface area (Å²) in [6, 6.07) is 12.8. The summed E-state index contributed by atoms with van der Waals surface area (Å²) in [4.78, 5) is 119. The normalized spacial score (nSPS) is 16.6. The number of pyridine rings is 9. The quantitative estimate of drug-likeness (QED) is 0.0371. The van der Waals surface area contributed by atoms with Crippen molar-refractivity contribution >= 4 is 137 Å². The molecule has 3 fully saturated rings. The predicted octanol–water partition coefficient (Wildman–Crippen LogP) is 20.4. The van der Waals surface area contributed by atoms with Crippen molar-refractivity contribution in [2.24, 2.45) is 0 Å². The molecule has 15 rings (SSSR count). The minimum Gasteiger partial charge on any atom is -0.503 e. The van der Waals surface area contributed by atoms with Crippen LogP contribution in [0.25, 0.3) is 83.9 Å². The van der Waals surface area contributed by atoms with Crippen LogP contribution in [0, 0.1) is 107 Å². The van der Waals surface area contributed by atoms with Crippen molar-refractivity contribution < 1.29 is 69.2 Å². The lowest BCUT2D eigenvalue weighted by molar-refractivity contribution is -0.131. The number of fused-ring (bicyclic) bond motifs is 3. The Bertz CT molecular complexity index is 6870. The fourth-order valence-electron chi connectivity index (χ4n) is 18.7. The third-order valence-corrected chi connectivity index (χ3v) is 26.7. The van der Waals surface area contributed by atoms with Crippen LogP contribution in [0.3, 0.4) is 0 Å². The highest BCUT2D eigenvalue weighted by molar-refractivity contribution is 6.38. The van der Waals surface area contributed by atoms with Gasteiger partial charge >= 0.3 is 0 Å². The molecule has 3 aliphatic heterocycles. The van der Waals surface area contributed by atoms with Gasteiger partial charge in [-0.2, -0.15) is 24.6 Å². The minimum absolute atomic E-state index is 0.119. The van der Waals surface area contributed by atoms with Gasteiger partial charge in [0.05, 0.1) is 110 Å². The number of phenols is 3. The Morgan fingerprint density at radius 1 is 0.383 bits per heavy atom. The highest BCUT2D eigenvalue weighted by Crippen LogP contribution is 2.50. The van der Waals surface area contributed by atoms with E-state index in [1.165, 1.54) is 45.6 Å². The lowest BCUT2D eigenvalue weighted by Crippen LogP contribution is -2.58. The van der Waals surface area contributed by atoms with Crippen LogP contribution in [-0.4, -0.2) is 167 Å². The zero-order valence-corrected chi connectivity index (χ0v) is 82.5. The average molecular weight is 2060 g/mol. The molecule has 0 saturated carbocycles. The van der Waals surface area contributed by atoms with Crippen molar-refractivity contribution in [3.8, 4) is 86.3 Å². The molecule has 0 radical (unpaired) electrons. The van der Waals surface area contributed by atoms with Crippen LogP contribution in [0.15, 0.2) is 107 Å². The summed E-state index contributed by atoms with van der Waals surface area (Å²) >= 11 is 37.9. The van der Waals surface area contributed by atoms with Gasteiger partial charge in [-0.15, -0.1) is 0 Å². The van der Waals surface area contributed by atoms with Crippen LogP contribution in [0.5, 0.6) is 17.2 Å². The van der Waals surface area contributed by atoms with E-state index in [4.69, 9.17) is 69.6 Å². The van der Waals surface area contributed by atoms with E-state index >= 15 is 17.6 Å². The second-order valence-electron chi connectivity index (χ2n) is 35.1. The number of hydrogen-bond donors (Lipinski definition) is 3. The molecule has 3 N–H and O–H groups in total. The van der Waals surface area contributed by atoms with E-state index in [9.17, 15) is 81.8 Å². The maximum atomic E-state index is 15.4.